The number of hydrogen-bond donors (Lipinski definition) is 1. The standard InChI is InChI=1S/C18H10ClI2NO5S/c19-10-2-1-3-11(7-10)22-17(25)14(28-18(22)26)6-9-4-12(20)16(13(21)5-9)27-8-15(23)24/h1-7H,8H2,(H,23,24)/b14-6+. The van der Waals surface area contributed by atoms with Crippen LogP contribution in [0.2, 0.25) is 5.02 Å². The lowest BCUT2D eigenvalue weighted by Gasteiger charge is -2.12. The first kappa shape index (κ1) is 21.4. The molecule has 1 saturated heterocycles. The van der Waals surface area contributed by atoms with Crippen LogP contribution in [-0.4, -0.2) is 28.8 Å². The third-order valence-electron chi connectivity index (χ3n) is 3.52. The van der Waals surface area contributed by atoms with E-state index in [9.17, 15) is 14.4 Å². The van der Waals surface area contributed by atoms with E-state index in [0.717, 1.165) is 16.7 Å². The summed E-state index contributed by atoms with van der Waals surface area (Å²) in [4.78, 5) is 37.1. The molecule has 0 aromatic heterocycles. The SMILES string of the molecule is O=C(O)COc1c(I)cc(/C=C2/SC(=O)N(c3cccc(Cl)c3)C2=O)cc1I. The molecule has 0 atom stereocenters. The smallest absolute Gasteiger partial charge is 0.341 e. The Morgan fingerprint density at radius 1 is 1.21 bits per heavy atom. The first-order valence-corrected chi connectivity index (χ1v) is 11.0. The number of carboxylic acids is 1. The fourth-order valence-corrected chi connectivity index (χ4v) is 5.55. The Bertz CT molecular complexity index is 1000. The van der Waals surface area contributed by atoms with E-state index in [0.29, 0.717) is 29.2 Å². The minimum atomic E-state index is -1.06. The summed E-state index contributed by atoms with van der Waals surface area (Å²) in [5.74, 6) is -1.02. The number of ether oxygens (including phenoxy) is 1. The molecule has 0 bridgehead atoms. The minimum absolute atomic E-state index is 0.288. The van der Waals surface area contributed by atoms with Gasteiger partial charge in [0.15, 0.2) is 6.61 Å². The van der Waals surface area contributed by atoms with E-state index >= 15 is 0 Å². The molecule has 1 heterocycles. The van der Waals surface area contributed by atoms with E-state index in [-0.39, 0.29) is 4.91 Å². The summed E-state index contributed by atoms with van der Waals surface area (Å²) in [5, 5.41) is 8.80. The van der Waals surface area contributed by atoms with E-state index in [1.807, 2.05) is 45.2 Å². The van der Waals surface area contributed by atoms with Gasteiger partial charge in [0, 0.05) is 5.02 Å². The van der Waals surface area contributed by atoms with E-state index in [1.54, 1.807) is 42.5 Å². The van der Waals surface area contributed by atoms with Gasteiger partial charge in [-0.1, -0.05) is 17.7 Å². The molecule has 3 rings (SSSR count). The molecule has 1 fully saturated rings. The molecule has 28 heavy (non-hydrogen) atoms. The van der Waals surface area contributed by atoms with Crippen molar-refractivity contribution in [2.45, 2.75) is 0 Å². The molecular weight excluding hydrogens is 632 g/mol. The topological polar surface area (TPSA) is 83.9 Å². The number of imide groups is 1. The molecule has 0 saturated carbocycles. The molecule has 2 aromatic carbocycles. The number of nitrogens with zero attached hydrogens (tertiary/aromatic N) is 1. The average Bonchev–Trinajstić information content (AvgIpc) is 2.87. The number of anilines is 1. The fourth-order valence-electron chi connectivity index (χ4n) is 2.39. The van der Waals surface area contributed by atoms with Crippen molar-refractivity contribution in [3.63, 3.8) is 0 Å². The van der Waals surface area contributed by atoms with Crippen LogP contribution in [-0.2, 0) is 9.59 Å². The summed E-state index contributed by atoms with van der Waals surface area (Å²) in [6.45, 7) is -0.441. The molecule has 0 radical (unpaired) electrons. The number of thioether (sulfide) groups is 1. The van der Waals surface area contributed by atoms with Crippen LogP contribution in [0.15, 0.2) is 41.3 Å². The molecule has 1 N–H and O–H groups in total. The highest BCUT2D eigenvalue weighted by Gasteiger charge is 2.36. The van der Waals surface area contributed by atoms with Gasteiger partial charge >= 0.3 is 5.97 Å². The second kappa shape index (κ2) is 9.01. The van der Waals surface area contributed by atoms with Gasteiger partial charge in [0.2, 0.25) is 0 Å². The van der Waals surface area contributed by atoms with Crippen LogP contribution in [0.1, 0.15) is 5.56 Å². The molecule has 6 nitrogen and oxygen atoms in total. The van der Waals surface area contributed by atoms with Crippen molar-refractivity contribution in [1.29, 1.82) is 0 Å². The van der Waals surface area contributed by atoms with Crippen molar-refractivity contribution in [3.05, 3.63) is 59.0 Å². The molecule has 1 aliphatic rings. The van der Waals surface area contributed by atoms with Crippen LogP contribution in [0.3, 0.4) is 0 Å². The van der Waals surface area contributed by atoms with Crippen molar-refractivity contribution in [3.8, 4) is 5.75 Å². The Morgan fingerprint density at radius 3 is 2.50 bits per heavy atom. The molecule has 0 spiro atoms. The Labute approximate surface area is 196 Å². The number of halogens is 3. The summed E-state index contributed by atoms with van der Waals surface area (Å²) in [5.41, 5.74) is 1.12. The third-order valence-corrected chi connectivity index (χ3v) is 6.23. The van der Waals surface area contributed by atoms with Crippen molar-refractivity contribution in [1.82, 2.24) is 0 Å². The fraction of sp³-hybridized carbons (Fsp3) is 0.0556. The summed E-state index contributed by atoms with van der Waals surface area (Å²) in [6, 6.07) is 10.1. The molecule has 2 aromatic rings. The quantitative estimate of drug-likeness (QED) is 0.355. The summed E-state index contributed by atoms with van der Waals surface area (Å²) in [7, 11) is 0. The maximum Gasteiger partial charge on any atom is 0.341 e. The first-order chi connectivity index (χ1) is 13.3. The minimum Gasteiger partial charge on any atom is -0.480 e. The Balaban J connectivity index is 1.89. The highest BCUT2D eigenvalue weighted by Crippen LogP contribution is 2.37. The number of carbonyl (C=O) groups excluding carboxylic acids is 2. The van der Waals surface area contributed by atoms with Gasteiger partial charge in [-0.2, -0.15) is 0 Å². The maximum absolute atomic E-state index is 12.7. The molecular formula is C18H10ClI2NO5S. The Hall–Kier alpha value is -1.31. The van der Waals surface area contributed by atoms with Crippen LogP contribution >= 0.6 is 68.5 Å². The molecule has 0 aliphatic carbocycles. The van der Waals surface area contributed by atoms with Crippen LogP contribution in [0.25, 0.3) is 6.08 Å². The Kier molecular flexibility index (Phi) is 6.89. The highest BCUT2D eigenvalue weighted by molar-refractivity contribution is 14.1. The zero-order valence-electron chi connectivity index (χ0n) is 13.8. The van der Waals surface area contributed by atoms with E-state index in [2.05, 4.69) is 0 Å². The zero-order chi connectivity index (χ0) is 20.4. The zero-order valence-corrected chi connectivity index (χ0v) is 19.7. The summed E-state index contributed by atoms with van der Waals surface area (Å²) >= 11 is 10.9. The van der Waals surface area contributed by atoms with Gasteiger partial charge in [-0.25, -0.2) is 9.69 Å². The lowest BCUT2D eigenvalue weighted by molar-refractivity contribution is -0.139. The monoisotopic (exact) mass is 641 g/mol. The summed E-state index contributed by atoms with van der Waals surface area (Å²) in [6.07, 6.45) is 1.63. The van der Waals surface area contributed by atoms with Gasteiger partial charge in [-0.3, -0.25) is 9.59 Å². The third kappa shape index (κ3) is 4.81. The van der Waals surface area contributed by atoms with Gasteiger partial charge in [0.25, 0.3) is 11.1 Å². The molecule has 10 heteroatoms. The van der Waals surface area contributed by atoms with E-state index in [1.165, 1.54) is 0 Å². The van der Waals surface area contributed by atoms with Crippen LogP contribution in [0, 0.1) is 7.14 Å². The first-order valence-electron chi connectivity index (χ1n) is 7.63. The van der Waals surface area contributed by atoms with Gasteiger partial charge in [0.05, 0.1) is 17.7 Å². The van der Waals surface area contributed by atoms with E-state index in [4.69, 9.17) is 21.4 Å². The van der Waals surface area contributed by atoms with Crippen molar-refractivity contribution in [2.75, 3.05) is 11.5 Å². The van der Waals surface area contributed by atoms with Crippen LogP contribution in [0.5, 0.6) is 5.75 Å². The van der Waals surface area contributed by atoms with Crippen LogP contribution < -0.4 is 9.64 Å². The molecule has 144 valence electrons. The number of amides is 2. The largest absolute Gasteiger partial charge is 0.480 e. The number of hydrogen-bond acceptors (Lipinski definition) is 5. The summed E-state index contributed by atoms with van der Waals surface area (Å²) < 4.78 is 6.70. The Morgan fingerprint density at radius 2 is 1.89 bits per heavy atom. The number of carboxylic acid groups (broad SMARTS) is 1. The predicted octanol–water partition coefficient (Wildman–Crippen LogP) is 5.25. The van der Waals surface area contributed by atoms with Gasteiger partial charge in [0.1, 0.15) is 5.75 Å². The highest BCUT2D eigenvalue weighted by atomic mass is 127. The molecule has 0 unspecified atom stereocenters. The number of rotatable bonds is 5. The normalized spacial score (nSPS) is 15.4. The number of aliphatic carboxylic acids is 1. The van der Waals surface area contributed by atoms with Crippen LogP contribution in [0.4, 0.5) is 10.5 Å². The van der Waals surface area contributed by atoms with Gasteiger partial charge in [-0.15, -0.1) is 0 Å². The maximum atomic E-state index is 12.7. The lowest BCUT2D eigenvalue weighted by Crippen LogP contribution is -2.27. The molecule has 1 aliphatic heterocycles. The molecule has 2 amide bonds. The number of carbonyl (C=O) groups is 3. The lowest BCUT2D eigenvalue weighted by atomic mass is 10.2. The average molecular weight is 642 g/mol. The number of benzene rings is 2. The second-order valence-corrected chi connectivity index (χ2v) is 9.25. The predicted molar refractivity (Wildman–Crippen MR) is 125 cm³/mol. The second-order valence-electron chi connectivity index (χ2n) is 5.49. The van der Waals surface area contributed by atoms with Gasteiger partial charge < -0.3 is 9.84 Å². The van der Waals surface area contributed by atoms with Crippen molar-refractivity contribution >= 4 is 97.4 Å². The van der Waals surface area contributed by atoms with E-state index < -0.39 is 23.7 Å². The van der Waals surface area contributed by atoms with Crippen molar-refractivity contribution in [2.24, 2.45) is 0 Å². The van der Waals surface area contributed by atoms with Crippen molar-refractivity contribution < 1.29 is 24.2 Å². The van der Waals surface area contributed by atoms with Gasteiger partial charge in [-0.05, 0) is 98.9 Å².